The number of ether oxygens (including phenoxy) is 2. The number of hydrogen-bond donors (Lipinski definition) is 0. The maximum Gasteiger partial charge on any atom is 0.338 e. The van der Waals surface area contributed by atoms with Crippen LogP contribution < -0.4 is 19.6 Å². The van der Waals surface area contributed by atoms with Gasteiger partial charge >= 0.3 is 5.97 Å². The predicted molar refractivity (Wildman–Crippen MR) is 181 cm³/mol. The number of fused-ring (bicyclic) bond motifs is 1. The summed E-state index contributed by atoms with van der Waals surface area (Å²) in [7, 11) is 0. The van der Waals surface area contributed by atoms with Crippen molar-refractivity contribution in [3.8, 4) is 5.75 Å². The number of benzene rings is 3. The summed E-state index contributed by atoms with van der Waals surface area (Å²) in [5.74, 6) is 0.105. The molecule has 3 aromatic carbocycles. The molecule has 0 spiro atoms. The van der Waals surface area contributed by atoms with E-state index in [1.807, 2.05) is 48.7 Å². The molecule has 1 aliphatic heterocycles. The van der Waals surface area contributed by atoms with Gasteiger partial charge in [-0.3, -0.25) is 9.36 Å². The quantitative estimate of drug-likeness (QED) is 0.134. The smallest absolute Gasteiger partial charge is 0.338 e. The van der Waals surface area contributed by atoms with Gasteiger partial charge in [-0.2, -0.15) is 0 Å². The Morgan fingerprint density at radius 1 is 1.12 bits per heavy atom. The number of rotatable bonds is 8. The maximum absolute atomic E-state index is 13.9. The lowest BCUT2D eigenvalue weighted by Crippen LogP contribution is -2.39. The second-order valence-electron chi connectivity index (χ2n) is 9.41. The molecule has 0 aliphatic carbocycles. The molecular formula is C31H24Br2Cl2N2O4S2. The summed E-state index contributed by atoms with van der Waals surface area (Å²) in [6.45, 7) is 3.99. The lowest BCUT2D eigenvalue weighted by Gasteiger charge is -2.24. The van der Waals surface area contributed by atoms with E-state index in [-0.39, 0.29) is 18.8 Å². The van der Waals surface area contributed by atoms with E-state index >= 15 is 0 Å². The SMILES string of the molecule is CCOC(=O)C1=C(C)N=c2s/c(=C\c3cc(Br)c(OCc4ccc(Cl)cc4Cl)c(Br)c3)c(=O)n2[C@H]1c1ccc(SC)cc1. The molecule has 0 unspecified atom stereocenters. The van der Waals surface area contributed by atoms with Crippen molar-refractivity contribution in [3.05, 3.63) is 121 Å². The molecule has 0 fully saturated rings. The number of thioether (sulfide) groups is 1. The van der Waals surface area contributed by atoms with Crippen LogP contribution in [0.25, 0.3) is 6.08 Å². The molecule has 222 valence electrons. The highest BCUT2D eigenvalue weighted by molar-refractivity contribution is 9.11. The van der Waals surface area contributed by atoms with Gasteiger partial charge in [-0.15, -0.1) is 11.8 Å². The van der Waals surface area contributed by atoms with Crippen LogP contribution in [0.4, 0.5) is 0 Å². The fraction of sp³-hybridized carbons (Fsp3) is 0.194. The summed E-state index contributed by atoms with van der Waals surface area (Å²) >= 11 is 22.4. The average Bonchev–Trinajstić information content (AvgIpc) is 3.26. The first kappa shape index (κ1) is 32.1. The second kappa shape index (κ2) is 13.7. The molecule has 2 heterocycles. The van der Waals surface area contributed by atoms with Gasteiger partial charge in [0.05, 0.1) is 37.4 Å². The van der Waals surface area contributed by atoms with Crippen molar-refractivity contribution in [2.45, 2.75) is 31.4 Å². The van der Waals surface area contributed by atoms with Crippen LogP contribution in [0.1, 0.15) is 36.6 Å². The van der Waals surface area contributed by atoms with Gasteiger partial charge in [0.1, 0.15) is 12.4 Å². The first-order chi connectivity index (χ1) is 20.6. The zero-order chi connectivity index (χ0) is 30.8. The van der Waals surface area contributed by atoms with Crippen molar-refractivity contribution in [3.63, 3.8) is 0 Å². The minimum absolute atomic E-state index is 0.217. The van der Waals surface area contributed by atoms with Crippen LogP contribution in [-0.4, -0.2) is 23.4 Å². The van der Waals surface area contributed by atoms with Gasteiger partial charge < -0.3 is 9.47 Å². The summed E-state index contributed by atoms with van der Waals surface area (Å²) in [6.07, 6.45) is 3.80. The Hall–Kier alpha value is -2.34. The standard InChI is InChI=1S/C31H24Br2Cl2N2O4S2/c1-4-40-30(39)26-16(2)36-31-37(27(26)18-6-9-21(42-3)10-7-18)29(38)25(43-31)13-17-11-22(32)28(23(33)12-17)41-15-19-5-8-20(34)14-24(19)35/h5-14,27H,4,15H2,1-3H3/b25-13-/t27-/m0/s1. The van der Waals surface area contributed by atoms with Crippen LogP contribution in [0.5, 0.6) is 5.75 Å². The maximum atomic E-state index is 13.9. The molecule has 1 aromatic heterocycles. The molecule has 12 heteroatoms. The zero-order valence-electron chi connectivity index (χ0n) is 23.1. The van der Waals surface area contributed by atoms with E-state index in [1.54, 1.807) is 48.4 Å². The lowest BCUT2D eigenvalue weighted by molar-refractivity contribution is -0.139. The number of esters is 1. The second-order valence-corrected chi connectivity index (χ2v) is 13.9. The van der Waals surface area contributed by atoms with Crippen molar-refractivity contribution >= 4 is 90.2 Å². The highest BCUT2D eigenvalue weighted by Gasteiger charge is 2.33. The third-order valence-corrected chi connectivity index (χ3v) is 10.1. The molecule has 1 atom stereocenters. The Balaban J connectivity index is 1.54. The molecule has 43 heavy (non-hydrogen) atoms. The molecule has 1 aliphatic rings. The third kappa shape index (κ3) is 6.84. The van der Waals surface area contributed by atoms with Gasteiger partial charge in [0, 0.05) is 20.5 Å². The number of aromatic nitrogens is 1. The Kier molecular flexibility index (Phi) is 10.3. The van der Waals surface area contributed by atoms with Crippen molar-refractivity contribution in [1.82, 2.24) is 4.57 Å². The summed E-state index contributed by atoms with van der Waals surface area (Å²) in [5.41, 5.74) is 2.99. The van der Waals surface area contributed by atoms with E-state index in [2.05, 4.69) is 36.9 Å². The van der Waals surface area contributed by atoms with Crippen LogP contribution in [0.3, 0.4) is 0 Å². The Bertz CT molecular complexity index is 1920. The van der Waals surface area contributed by atoms with E-state index in [4.69, 9.17) is 32.7 Å². The first-order valence-electron chi connectivity index (χ1n) is 13.0. The van der Waals surface area contributed by atoms with Crippen LogP contribution >= 0.6 is 78.2 Å². The predicted octanol–water partition coefficient (Wildman–Crippen LogP) is 7.93. The van der Waals surface area contributed by atoms with Crippen LogP contribution in [-0.2, 0) is 16.1 Å². The Morgan fingerprint density at radius 3 is 2.44 bits per heavy atom. The summed E-state index contributed by atoms with van der Waals surface area (Å²) in [6, 6.07) is 16.2. The van der Waals surface area contributed by atoms with Gasteiger partial charge in [0.2, 0.25) is 0 Å². The van der Waals surface area contributed by atoms with Gasteiger partial charge in [0.25, 0.3) is 5.56 Å². The normalized spacial score (nSPS) is 14.9. The number of halogens is 4. The molecular weight excluding hydrogens is 759 g/mol. The first-order valence-corrected chi connectivity index (χ1v) is 17.4. The Morgan fingerprint density at radius 2 is 1.81 bits per heavy atom. The van der Waals surface area contributed by atoms with Crippen LogP contribution in [0, 0.1) is 0 Å². The van der Waals surface area contributed by atoms with Gasteiger partial charge in [-0.05, 0) is 106 Å². The molecule has 5 rings (SSSR count). The molecule has 0 amide bonds. The summed E-state index contributed by atoms with van der Waals surface area (Å²) in [5, 5.41) is 1.07. The highest BCUT2D eigenvalue weighted by Crippen LogP contribution is 2.36. The number of carbonyl (C=O) groups excluding carboxylic acids is 1. The molecule has 0 saturated carbocycles. The number of thiazole rings is 1. The number of carbonyl (C=O) groups is 1. The number of allylic oxidation sites excluding steroid dienone is 1. The lowest BCUT2D eigenvalue weighted by atomic mass is 9.96. The van der Waals surface area contributed by atoms with E-state index in [9.17, 15) is 9.59 Å². The molecule has 6 nitrogen and oxygen atoms in total. The van der Waals surface area contributed by atoms with E-state index in [0.29, 0.717) is 45.3 Å². The number of nitrogens with zero attached hydrogens (tertiary/aromatic N) is 2. The van der Waals surface area contributed by atoms with Gasteiger partial charge in [-0.25, -0.2) is 9.79 Å². The summed E-state index contributed by atoms with van der Waals surface area (Å²) < 4.78 is 14.9. The molecule has 0 bridgehead atoms. The minimum Gasteiger partial charge on any atom is -0.486 e. The van der Waals surface area contributed by atoms with Crippen molar-refractivity contribution in [2.75, 3.05) is 12.9 Å². The molecule has 0 radical (unpaired) electrons. The summed E-state index contributed by atoms with van der Waals surface area (Å²) in [4.78, 5) is 33.3. The monoisotopic (exact) mass is 780 g/mol. The van der Waals surface area contributed by atoms with Crippen molar-refractivity contribution in [1.29, 1.82) is 0 Å². The van der Waals surface area contributed by atoms with Crippen LogP contribution in [0.2, 0.25) is 10.0 Å². The molecule has 0 saturated heterocycles. The van der Waals surface area contributed by atoms with E-state index in [1.165, 1.54) is 11.3 Å². The molecule has 4 aromatic rings. The van der Waals surface area contributed by atoms with Crippen LogP contribution in [0.15, 0.2) is 89.5 Å². The van der Waals surface area contributed by atoms with Gasteiger partial charge in [-0.1, -0.05) is 52.7 Å². The highest BCUT2D eigenvalue weighted by atomic mass is 79.9. The van der Waals surface area contributed by atoms with E-state index in [0.717, 1.165) is 21.6 Å². The topological polar surface area (TPSA) is 69.9 Å². The largest absolute Gasteiger partial charge is 0.486 e. The minimum atomic E-state index is -0.665. The fourth-order valence-electron chi connectivity index (χ4n) is 4.63. The Labute approximate surface area is 283 Å². The van der Waals surface area contributed by atoms with E-state index < -0.39 is 12.0 Å². The third-order valence-electron chi connectivity index (χ3n) is 6.65. The van der Waals surface area contributed by atoms with Gasteiger partial charge in [0.15, 0.2) is 4.80 Å². The average molecular weight is 783 g/mol. The van der Waals surface area contributed by atoms with Crippen molar-refractivity contribution in [2.24, 2.45) is 4.99 Å². The van der Waals surface area contributed by atoms with Crippen molar-refractivity contribution < 1.29 is 14.3 Å². The fourth-order valence-corrected chi connectivity index (χ4v) is 8.00. The number of hydrogen-bond acceptors (Lipinski definition) is 7. The zero-order valence-corrected chi connectivity index (χ0v) is 29.4. The molecule has 0 N–H and O–H groups in total.